The van der Waals surface area contributed by atoms with Crippen LogP contribution in [-0.2, 0) is 0 Å². The van der Waals surface area contributed by atoms with Crippen molar-refractivity contribution in [2.24, 2.45) is 0 Å². The summed E-state index contributed by atoms with van der Waals surface area (Å²) in [5.41, 5.74) is 3.05. The number of aromatic nitrogens is 1. The lowest BCUT2D eigenvalue weighted by Gasteiger charge is -2.26. The number of carbonyl (C=O) groups excluding carboxylic acids is 1. The number of hydrogen-bond acceptors (Lipinski definition) is 3. The maximum atomic E-state index is 13.4. The van der Waals surface area contributed by atoms with E-state index in [1.54, 1.807) is 35.2 Å². The second-order valence-corrected chi connectivity index (χ2v) is 7.09. The van der Waals surface area contributed by atoms with Gasteiger partial charge in [0, 0.05) is 41.8 Å². The lowest BCUT2D eigenvalue weighted by atomic mass is 9.99. The van der Waals surface area contributed by atoms with Gasteiger partial charge in [-0.1, -0.05) is 18.2 Å². The third kappa shape index (κ3) is 3.02. The topological polar surface area (TPSA) is 66.3 Å². The van der Waals surface area contributed by atoms with Gasteiger partial charge in [-0.3, -0.25) is 9.59 Å². The van der Waals surface area contributed by atoms with Crippen LogP contribution in [0.15, 0.2) is 70.0 Å². The molecule has 0 fully saturated rings. The fourth-order valence-electron chi connectivity index (χ4n) is 3.83. The highest BCUT2D eigenvalue weighted by atomic mass is 19.1. The number of fused-ring (bicyclic) bond motifs is 2. The minimum absolute atomic E-state index is 0.0492. The predicted octanol–water partition coefficient (Wildman–Crippen LogP) is 4.34. The maximum absolute atomic E-state index is 13.4. The van der Waals surface area contributed by atoms with Crippen LogP contribution in [0.1, 0.15) is 22.5 Å². The van der Waals surface area contributed by atoms with E-state index in [-0.39, 0.29) is 22.9 Å². The van der Waals surface area contributed by atoms with Gasteiger partial charge in [-0.2, -0.15) is 0 Å². The molecule has 4 aromatic rings. The predicted molar refractivity (Wildman–Crippen MR) is 109 cm³/mol. The number of benzene rings is 2. The summed E-state index contributed by atoms with van der Waals surface area (Å²) in [6.45, 7) is 0.924. The molecule has 144 valence electrons. The summed E-state index contributed by atoms with van der Waals surface area (Å²) in [5, 5.41) is 1.42. The van der Waals surface area contributed by atoms with E-state index in [0.29, 0.717) is 30.5 Å². The van der Waals surface area contributed by atoms with Crippen LogP contribution < -0.4 is 5.43 Å². The molecule has 29 heavy (non-hydrogen) atoms. The number of carbonyl (C=O) groups is 1. The van der Waals surface area contributed by atoms with Crippen molar-refractivity contribution >= 4 is 33.4 Å². The van der Waals surface area contributed by atoms with Crippen molar-refractivity contribution in [3.05, 3.63) is 88.2 Å². The Morgan fingerprint density at radius 2 is 1.97 bits per heavy atom. The highest BCUT2D eigenvalue weighted by molar-refractivity contribution is 5.95. The zero-order valence-corrected chi connectivity index (χ0v) is 15.4. The van der Waals surface area contributed by atoms with Crippen molar-refractivity contribution in [1.29, 1.82) is 0 Å². The van der Waals surface area contributed by atoms with Gasteiger partial charge in [-0.05, 0) is 42.3 Å². The number of aromatic amines is 1. The summed E-state index contributed by atoms with van der Waals surface area (Å²) in [6, 6.07) is 12.8. The van der Waals surface area contributed by atoms with E-state index >= 15 is 0 Å². The largest absolute Gasteiger partial charge is 0.451 e. The molecule has 1 N–H and O–H groups in total. The van der Waals surface area contributed by atoms with Crippen molar-refractivity contribution in [3.8, 4) is 0 Å². The Bertz CT molecular complexity index is 1350. The molecule has 6 heteroatoms. The molecule has 0 aliphatic carbocycles. The Labute approximate surface area is 165 Å². The molecular formula is C23H17FN2O3. The van der Waals surface area contributed by atoms with Crippen LogP contribution in [0.3, 0.4) is 0 Å². The molecule has 0 unspecified atom stereocenters. The molecule has 2 aromatic heterocycles. The molecular weight excluding hydrogens is 371 g/mol. The number of halogens is 1. The van der Waals surface area contributed by atoms with Crippen LogP contribution in [0.2, 0.25) is 0 Å². The van der Waals surface area contributed by atoms with Gasteiger partial charge in [0.25, 0.3) is 5.91 Å². The second-order valence-electron chi connectivity index (χ2n) is 7.09. The zero-order chi connectivity index (χ0) is 20.0. The van der Waals surface area contributed by atoms with Crippen LogP contribution in [0.4, 0.5) is 4.39 Å². The summed E-state index contributed by atoms with van der Waals surface area (Å²) < 4.78 is 19.1. The number of rotatable bonds is 2. The number of nitrogens with zero attached hydrogens (tertiary/aromatic N) is 1. The SMILES string of the molecule is O=C(c1cc(=O)c2ccccc2o1)N1CC=C(c2c[nH]c3cc(F)ccc23)CC1. The van der Waals surface area contributed by atoms with Crippen LogP contribution in [0, 0.1) is 5.82 Å². The molecule has 0 saturated carbocycles. The first-order chi connectivity index (χ1) is 14.1. The summed E-state index contributed by atoms with van der Waals surface area (Å²) in [5.74, 6) is -0.533. The molecule has 0 atom stereocenters. The van der Waals surface area contributed by atoms with E-state index in [1.165, 1.54) is 18.2 Å². The Hall–Kier alpha value is -3.67. The monoisotopic (exact) mass is 388 g/mol. The average Bonchev–Trinajstić information content (AvgIpc) is 3.16. The van der Waals surface area contributed by atoms with Gasteiger partial charge in [-0.15, -0.1) is 0 Å². The van der Waals surface area contributed by atoms with Crippen molar-refractivity contribution in [2.45, 2.75) is 6.42 Å². The maximum Gasteiger partial charge on any atom is 0.290 e. The van der Waals surface area contributed by atoms with Gasteiger partial charge >= 0.3 is 0 Å². The number of amides is 1. The third-order valence-corrected chi connectivity index (χ3v) is 5.33. The summed E-state index contributed by atoms with van der Waals surface area (Å²) in [4.78, 5) is 29.9. The molecule has 3 heterocycles. The number of para-hydroxylation sites is 1. The molecule has 1 aliphatic heterocycles. The van der Waals surface area contributed by atoms with Gasteiger partial charge in [0.05, 0.1) is 5.39 Å². The summed E-state index contributed by atoms with van der Waals surface area (Å²) in [6.07, 6.45) is 4.52. The Kier molecular flexibility index (Phi) is 4.05. The first-order valence-electron chi connectivity index (χ1n) is 9.38. The highest BCUT2D eigenvalue weighted by Gasteiger charge is 2.23. The number of nitrogens with one attached hydrogen (secondary N) is 1. The molecule has 1 aliphatic rings. The van der Waals surface area contributed by atoms with Crippen molar-refractivity contribution < 1.29 is 13.6 Å². The smallest absolute Gasteiger partial charge is 0.290 e. The van der Waals surface area contributed by atoms with Gasteiger partial charge in [0.15, 0.2) is 11.2 Å². The Balaban J connectivity index is 1.41. The summed E-state index contributed by atoms with van der Waals surface area (Å²) in [7, 11) is 0. The second kappa shape index (κ2) is 6.74. The normalized spacial score (nSPS) is 14.4. The van der Waals surface area contributed by atoms with E-state index < -0.39 is 0 Å². The van der Waals surface area contributed by atoms with Gasteiger partial charge in [0.2, 0.25) is 0 Å². The number of hydrogen-bond donors (Lipinski definition) is 1. The molecule has 5 nitrogen and oxygen atoms in total. The molecule has 0 bridgehead atoms. The molecule has 0 spiro atoms. The Morgan fingerprint density at radius 3 is 2.79 bits per heavy atom. The van der Waals surface area contributed by atoms with Crippen LogP contribution in [0.5, 0.6) is 0 Å². The molecule has 1 amide bonds. The first-order valence-corrected chi connectivity index (χ1v) is 9.38. The first kappa shape index (κ1) is 17.4. The molecule has 0 saturated heterocycles. The summed E-state index contributed by atoms with van der Waals surface area (Å²) >= 11 is 0. The van der Waals surface area contributed by atoms with Crippen molar-refractivity contribution in [2.75, 3.05) is 13.1 Å². The van der Waals surface area contributed by atoms with Gasteiger partial charge in [-0.25, -0.2) is 4.39 Å². The van der Waals surface area contributed by atoms with E-state index in [0.717, 1.165) is 22.0 Å². The van der Waals surface area contributed by atoms with Crippen LogP contribution in [0.25, 0.3) is 27.4 Å². The number of H-pyrrole nitrogens is 1. The van der Waals surface area contributed by atoms with Crippen LogP contribution >= 0.6 is 0 Å². The fraction of sp³-hybridized carbons (Fsp3) is 0.130. The van der Waals surface area contributed by atoms with Gasteiger partial charge in [0.1, 0.15) is 11.4 Å². The molecule has 0 radical (unpaired) electrons. The van der Waals surface area contributed by atoms with Crippen molar-refractivity contribution in [1.82, 2.24) is 9.88 Å². The average molecular weight is 388 g/mol. The lowest BCUT2D eigenvalue weighted by Crippen LogP contribution is -2.35. The quantitative estimate of drug-likeness (QED) is 0.555. The van der Waals surface area contributed by atoms with E-state index in [2.05, 4.69) is 4.98 Å². The Morgan fingerprint density at radius 1 is 1.10 bits per heavy atom. The fourth-order valence-corrected chi connectivity index (χ4v) is 3.83. The zero-order valence-electron chi connectivity index (χ0n) is 15.4. The minimum atomic E-state index is -0.302. The van der Waals surface area contributed by atoms with Gasteiger partial charge < -0.3 is 14.3 Å². The standard InChI is InChI=1S/C23H17FN2O3/c24-15-5-6-16-18(13-25-19(16)11-15)14-7-9-26(10-8-14)23(28)22-12-20(27)17-3-1-2-4-21(17)29-22/h1-7,11-13,25H,8-10H2. The van der Waals surface area contributed by atoms with E-state index in [4.69, 9.17) is 4.42 Å². The van der Waals surface area contributed by atoms with Crippen LogP contribution in [-0.4, -0.2) is 28.9 Å². The van der Waals surface area contributed by atoms with E-state index in [1.807, 2.05) is 12.3 Å². The highest BCUT2D eigenvalue weighted by Crippen LogP contribution is 2.30. The third-order valence-electron chi connectivity index (χ3n) is 5.33. The minimum Gasteiger partial charge on any atom is -0.451 e. The molecule has 2 aromatic carbocycles. The lowest BCUT2D eigenvalue weighted by molar-refractivity contribution is 0.0741. The molecule has 5 rings (SSSR count). The van der Waals surface area contributed by atoms with E-state index in [9.17, 15) is 14.0 Å². The van der Waals surface area contributed by atoms with Crippen molar-refractivity contribution in [3.63, 3.8) is 0 Å².